The Kier molecular flexibility index (Phi) is 6.76. The second-order valence-corrected chi connectivity index (χ2v) is 10.1. The van der Waals surface area contributed by atoms with Crippen LogP contribution in [0, 0.1) is 0 Å². The summed E-state index contributed by atoms with van der Waals surface area (Å²) >= 11 is 0. The number of piperidine rings is 1. The van der Waals surface area contributed by atoms with E-state index in [0.29, 0.717) is 26.3 Å². The highest BCUT2D eigenvalue weighted by Crippen LogP contribution is 2.40. The molecule has 0 saturated carbocycles. The zero-order chi connectivity index (χ0) is 25.2. The number of carbonyl (C=O) groups excluding carboxylic acids is 1. The number of hydrogen-bond donors (Lipinski definition) is 1. The molecule has 0 bridgehead atoms. The highest BCUT2D eigenvalue weighted by molar-refractivity contribution is 6.04. The summed E-state index contributed by atoms with van der Waals surface area (Å²) in [5, 5.41) is 12.8. The van der Waals surface area contributed by atoms with Crippen molar-refractivity contribution in [3.05, 3.63) is 65.7 Å². The second-order valence-electron chi connectivity index (χ2n) is 10.1. The summed E-state index contributed by atoms with van der Waals surface area (Å²) < 4.78 is 12.0. The fourth-order valence-corrected chi connectivity index (χ4v) is 5.77. The van der Waals surface area contributed by atoms with Crippen LogP contribution in [0.2, 0.25) is 0 Å². The van der Waals surface area contributed by atoms with Crippen LogP contribution in [0.4, 0.5) is 0 Å². The van der Waals surface area contributed by atoms with Crippen LogP contribution in [0.5, 0.6) is 0 Å². The molecule has 8 nitrogen and oxygen atoms in total. The largest absolute Gasteiger partial charge is 0.460 e. The van der Waals surface area contributed by atoms with Crippen molar-refractivity contribution in [3.8, 4) is 22.5 Å². The number of rotatable bonds is 5. The lowest BCUT2D eigenvalue weighted by atomic mass is 9.93. The van der Waals surface area contributed by atoms with Crippen LogP contribution in [-0.4, -0.2) is 77.5 Å². The van der Waals surface area contributed by atoms with Crippen LogP contribution in [0.25, 0.3) is 22.5 Å². The zero-order valence-corrected chi connectivity index (χ0v) is 20.9. The van der Waals surface area contributed by atoms with Crippen molar-refractivity contribution in [2.75, 3.05) is 45.9 Å². The van der Waals surface area contributed by atoms with E-state index < -0.39 is 0 Å². The van der Waals surface area contributed by atoms with Crippen molar-refractivity contribution in [2.45, 2.75) is 31.6 Å². The Hall–Kier alpha value is -3.49. The summed E-state index contributed by atoms with van der Waals surface area (Å²) in [6.45, 7) is 4.93. The number of furan rings is 1. The SMILES string of the molecule is O=C(CN1CCOCC1)N1CCCC(c2cc(-c3ccc4c(c3)CC/C4=N/O)c(-c3ccncc3)o2)C1. The highest BCUT2D eigenvalue weighted by Gasteiger charge is 2.30. The zero-order valence-electron chi connectivity index (χ0n) is 20.9. The van der Waals surface area contributed by atoms with Crippen LogP contribution in [-0.2, 0) is 16.0 Å². The number of amides is 1. The first-order valence-electron chi connectivity index (χ1n) is 13.2. The Morgan fingerprint density at radius 3 is 2.68 bits per heavy atom. The first kappa shape index (κ1) is 23.9. The summed E-state index contributed by atoms with van der Waals surface area (Å²) in [6, 6.07) is 12.4. The highest BCUT2D eigenvalue weighted by atomic mass is 16.5. The topological polar surface area (TPSA) is 91.4 Å². The number of ether oxygens (including phenoxy) is 1. The number of nitrogens with zero attached hydrogens (tertiary/aromatic N) is 4. The van der Waals surface area contributed by atoms with Gasteiger partial charge in [0.15, 0.2) is 0 Å². The average Bonchev–Trinajstić information content (AvgIpc) is 3.58. The molecule has 1 amide bonds. The Morgan fingerprint density at radius 1 is 1.03 bits per heavy atom. The minimum absolute atomic E-state index is 0.152. The number of pyridine rings is 1. The number of morpholine rings is 1. The number of oxime groups is 1. The maximum absolute atomic E-state index is 13.1. The smallest absolute Gasteiger partial charge is 0.236 e. The predicted octanol–water partition coefficient (Wildman–Crippen LogP) is 4.17. The van der Waals surface area contributed by atoms with Gasteiger partial charge in [-0.15, -0.1) is 0 Å². The van der Waals surface area contributed by atoms with E-state index in [1.54, 1.807) is 12.4 Å². The molecule has 3 aliphatic rings. The van der Waals surface area contributed by atoms with Gasteiger partial charge in [-0.05, 0) is 55.0 Å². The lowest BCUT2D eigenvalue weighted by molar-refractivity contribution is -0.134. The van der Waals surface area contributed by atoms with Gasteiger partial charge >= 0.3 is 0 Å². The van der Waals surface area contributed by atoms with Crippen molar-refractivity contribution in [2.24, 2.45) is 5.16 Å². The fourth-order valence-electron chi connectivity index (χ4n) is 5.77. The first-order chi connectivity index (χ1) is 18.2. The Labute approximate surface area is 216 Å². The number of hydrogen-bond acceptors (Lipinski definition) is 7. The number of carbonyl (C=O) groups is 1. The van der Waals surface area contributed by atoms with Gasteiger partial charge in [-0.2, -0.15) is 0 Å². The first-order valence-corrected chi connectivity index (χ1v) is 13.2. The van der Waals surface area contributed by atoms with Crippen molar-refractivity contribution in [1.82, 2.24) is 14.8 Å². The van der Waals surface area contributed by atoms with Gasteiger partial charge in [0.2, 0.25) is 5.91 Å². The number of benzene rings is 1. The van der Waals surface area contributed by atoms with E-state index in [0.717, 1.165) is 84.8 Å². The van der Waals surface area contributed by atoms with E-state index in [9.17, 15) is 10.0 Å². The van der Waals surface area contributed by atoms with Gasteiger partial charge in [0.25, 0.3) is 0 Å². The predicted molar refractivity (Wildman–Crippen MR) is 140 cm³/mol. The summed E-state index contributed by atoms with van der Waals surface area (Å²) in [5.74, 6) is 2.08. The molecule has 8 heteroatoms. The Balaban J connectivity index is 1.28. The van der Waals surface area contributed by atoms with E-state index >= 15 is 0 Å². The van der Waals surface area contributed by atoms with Gasteiger partial charge in [-0.3, -0.25) is 14.7 Å². The fraction of sp³-hybridized carbons (Fsp3) is 0.414. The number of aryl methyl sites for hydroxylation is 1. The summed E-state index contributed by atoms with van der Waals surface area (Å²) in [7, 11) is 0. The van der Waals surface area contributed by atoms with Gasteiger partial charge in [0.1, 0.15) is 11.5 Å². The quantitative estimate of drug-likeness (QED) is 0.418. The molecule has 192 valence electrons. The molecule has 2 saturated heterocycles. The summed E-state index contributed by atoms with van der Waals surface area (Å²) in [6.07, 6.45) is 7.12. The Morgan fingerprint density at radius 2 is 1.86 bits per heavy atom. The number of likely N-dealkylation sites (tertiary alicyclic amines) is 1. The normalized spacial score (nSPS) is 21.4. The molecule has 4 heterocycles. The summed E-state index contributed by atoms with van der Waals surface area (Å²) in [5.41, 5.74) is 6.04. The minimum Gasteiger partial charge on any atom is -0.460 e. The molecule has 3 aromatic rings. The molecule has 6 rings (SSSR count). The molecule has 1 aliphatic carbocycles. The molecule has 2 aliphatic heterocycles. The van der Waals surface area contributed by atoms with Crippen molar-refractivity contribution < 1.29 is 19.2 Å². The molecular formula is C29H32N4O4. The molecule has 37 heavy (non-hydrogen) atoms. The van der Waals surface area contributed by atoms with Crippen molar-refractivity contribution in [3.63, 3.8) is 0 Å². The van der Waals surface area contributed by atoms with Gasteiger partial charge in [-0.25, -0.2) is 0 Å². The van der Waals surface area contributed by atoms with Crippen molar-refractivity contribution in [1.29, 1.82) is 0 Å². The third-order valence-corrected chi connectivity index (χ3v) is 7.81. The average molecular weight is 501 g/mol. The molecule has 1 N–H and O–H groups in total. The Bertz CT molecular complexity index is 1300. The minimum atomic E-state index is 0.152. The molecule has 0 radical (unpaired) electrons. The molecule has 1 atom stereocenters. The molecule has 1 aromatic carbocycles. The monoisotopic (exact) mass is 500 g/mol. The van der Waals surface area contributed by atoms with Gasteiger partial charge in [-0.1, -0.05) is 23.4 Å². The number of aromatic nitrogens is 1. The van der Waals surface area contributed by atoms with Crippen LogP contribution in [0.3, 0.4) is 0 Å². The lowest BCUT2D eigenvalue weighted by Crippen LogP contribution is -2.47. The molecule has 2 fully saturated rings. The van der Waals surface area contributed by atoms with E-state index in [2.05, 4.69) is 33.2 Å². The molecule has 1 unspecified atom stereocenters. The second kappa shape index (κ2) is 10.5. The van der Waals surface area contributed by atoms with Gasteiger partial charge in [0.05, 0.1) is 25.5 Å². The standard InChI is InChI=1S/C29H32N4O4/c34-28(19-32-12-14-36-15-13-32)33-11-1-2-23(18-33)27-17-25(29(37-27)20-7-9-30-10-8-20)22-3-5-24-21(16-22)4-6-26(24)31-35/h3,5,7-10,16-17,23,35H,1-2,4,6,11-15,18-19H2/b31-26-. The summed E-state index contributed by atoms with van der Waals surface area (Å²) in [4.78, 5) is 21.5. The van der Waals surface area contributed by atoms with Crippen LogP contribution >= 0.6 is 0 Å². The van der Waals surface area contributed by atoms with E-state index in [1.807, 2.05) is 23.1 Å². The third-order valence-electron chi connectivity index (χ3n) is 7.81. The number of fused-ring (bicyclic) bond motifs is 1. The maximum Gasteiger partial charge on any atom is 0.236 e. The van der Waals surface area contributed by atoms with Crippen molar-refractivity contribution >= 4 is 11.6 Å². The lowest BCUT2D eigenvalue weighted by Gasteiger charge is -2.34. The van der Waals surface area contributed by atoms with Crippen LogP contribution in [0.1, 0.15) is 42.1 Å². The molecular weight excluding hydrogens is 468 g/mol. The van der Waals surface area contributed by atoms with E-state index in [4.69, 9.17) is 9.15 Å². The third kappa shape index (κ3) is 4.91. The van der Waals surface area contributed by atoms with Gasteiger partial charge < -0.3 is 19.3 Å². The van der Waals surface area contributed by atoms with E-state index in [-0.39, 0.29) is 11.8 Å². The van der Waals surface area contributed by atoms with Crippen LogP contribution in [0.15, 0.2) is 58.4 Å². The molecule has 2 aromatic heterocycles. The van der Waals surface area contributed by atoms with Gasteiger partial charge in [0, 0.05) is 61.2 Å². The van der Waals surface area contributed by atoms with E-state index in [1.165, 1.54) is 5.56 Å². The van der Waals surface area contributed by atoms with Crippen LogP contribution < -0.4 is 0 Å². The maximum atomic E-state index is 13.1. The molecule has 0 spiro atoms.